The van der Waals surface area contributed by atoms with Gasteiger partial charge in [0.1, 0.15) is 11.6 Å². The van der Waals surface area contributed by atoms with Crippen molar-refractivity contribution in [2.24, 2.45) is 0 Å². The molecule has 1 aromatic heterocycles. The number of hydrogen-bond donors (Lipinski definition) is 1. The van der Waals surface area contributed by atoms with Crippen LogP contribution in [-0.2, 0) is 39.5 Å². The second-order valence-corrected chi connectivity index (χ2v) is 13.2. The summed E-state index contributed by atoms with van der Waals surface area (Å²) >= 11 is 0. The zero-order valence-corrected chi connectivity index (χ0v) is 25.3. The topological polar surface area (TPSA) is 87.8 Å². The Kier molecular flexibility index (Phi) is 8.37. The zero-order chi connectivity index (χ0) is 32.7. The fourth-order valence-electron chi connectivity index (χ4n) is 5.09. The van der Waals surface area contributed by atoms with Gasteiger partial charge in [0.25, 0.3) is 0 Å². The number of benzene rings is 4. The van der Waals surface area contributed by atoms with Crippen LogP contribution in [0.4, 0.5) is 17.6 Å². The van der Waals surface area contributed by atoms with Crippen molar-refractivity contribution in [3.05, 3.63) is 125 Å². The highest BCUT2D eigenvalue weighted by atomic mass is 32.2. The third-order valence-corrected chi connectivity index (χ3v) is 9.80. The lowest BCUT2D eigenvalue weighted by Crippen LogP contribution is -2.31. The molecule has 0 fully saturated rings. The molecule has 11 heteroatoms. The summed E-state index contributed by atoms with van der Waals surface area (Å²) in [6, 6.07) is 22.9. The number of carboxylic acid groups (broad SMARTS) is 1. The van der Waals surface area contributed by atoms with Gasteiger partial charge in [-0.05, 0) is 66.6 Å². The van der Waals surface area contributed by atoms with Crippen LogP contribution in [0.1, 0.15) is 42.1 Å². The highest BCUT2D eigenvalue weighted by Gasteiger charge is 2.36. The maximum Gasteiger partial charge on any atom is 0.449 e. The Morgan fingerprint density at radius 2 is 1.58 bits per heavy atom. The SMILES string of the molecule is Cc1ccc2ccccc2c1S(=O)(=O)N(Cc1ccc(C(F)(F)F)o1)Cc1ccc(-c2cccc(C(C)(C)C(=O)O)c2)cc1F. The van der Waals surface area contributed by atoms with Gasteiger partial charge in [-0.2, -0.15) is 17.5 Å². The molecule has 0 bridgehead atoms. The third-order valence-electron chi connectivity index (χ3n) is 7.80. The fourth-order valence-corrected chi connectivity index (χ4v) is 6.90. The van der Waals surface area contributed by atoms with Crippen molar-refractivity contribution in [2.75, 3.05) is 0 Å². The van der Waals surface area contributed by atoms with E-state index in [0.717, 1.165) is 16.4 Å². The number of nitrogens with zero attached hydrogens (tertiary/aromatic N) is 1. The molecule has 5 rings (SSSR count). The van der Waals surface area contributed by atoms with Crippen LogP contribution in [0.25, 0.3) is 21.9 Å². The molecule has 5 aromatic rings. The maximum atomic E-state index is 15.7. The molecule has 0 amide bonds. The predicted octanol–water partition coefficient (Wildman–Crippen LogP) is 8.32. The van der Waals surface area contributed by atoms with E-state index in [0.29, 0.717) is 33.0 Å². The molecular formula is C34H29F4NO5S. The normalized spacial score (nSPS) is 12.6. The molecule has 0 aliphatic heterocycles. The van der Waals surface area contributed by atoms with Crippen molar-refractivity contribution in [3.8, 4) is 11.1 Å². The predicted molar refractivity (Wildman–Crippen MR) is 161 cm³/mol. The molecule has 0 saturated heterocycles. The molecule has 6 nitrogen and oxygen atoms in total. The summed E-state index contributed by atoms with van der Waals surface area (Å²) in [7, 11) is -4.42. The average Bonchev–Trinajstić information content (AvgIpc) is 3.47. The molecule has 0 atom stereocenters. The number of fused-ring (bicyclic) bond motifs is 1. The molecule has 45 heavy (non-hydrogen) atoms. The number of rotatable bonds is 9. The summed E-state index contributed by atoms with van der Waals surface area (Å²) in [5, 5.41) is 10.7. The number of sulfonamides is 1. The standard InChI is InChI=1S/C34H29F4NO5S/c1-21-11-12-22-7-4-5-10-28(22)31(21)45(42,43)39(20-27-15-16-30(44-27)34(36,37)38)19-25-14-13-24(18-29(25)35)23-8-6-9-26(17-23)33(2,3)32(40)41/h4-18H,19-20H2,1-3H3,(H,40,41). The quantitative estimate of drug-likeness (QED) is 0.164. The van der Waals surface area contributed by atoms with Gasteiger partial charge in [-0.1, -0.05) is 72.8 Å². The number of carboxylic acids is 1. The van der Waals surface area contributed by atoms with Crippen LogP contribution in [0.3, 0.4) is 0 Å². The molecule has 0 aliphatic carbocycles. The highest BCUT2D eigenvalue weighted by molar-refractivity contribution is 7.89. The number of aliphatic carboxylic acids is 1. The van der Waals surface area contributed by atoms with Gasteiger partial charge in [0, 0.05) is 17.5 Å². The van der Waals surface area contributed by atoms with Gasteiger partial charge < -0.3 is 9.52 Å². The van der Waals surface area contributed by atoms with Crippen molar-refractivity contribution < 1.29 is 40.3 Å². The number of halogens is 4. The van der Waals surface area contributed by atoms with Crippen LogP contribution in [0, 0.1) is 12.7 Å². The molecule has 0 radical (unpaired) electrons. The Hall–Kier alpha value is -4.48. The van der Waals surface area contributed by atoms with E-state index in [2.05, 4.69) is 0 Å². The van der Waals surface area contributed by atoms with E-state index in [9.17, 15) is 31.5 Å². The molecule has 1 heterocycles. The minimum Gasteiger partial charge on any atom is -0.481 e. The van der Waals surface area contributed by atoms with Crippen LogP contribution < -0.4 is 0 Å². The lowest BCUT2D eigenvalue weighted by molar-refractivity contribution is -0.153. The first-order valence-electron chi connectivity index (χ1n) is 13.9. The van der Waals surface area contributed by atoms with E-state index >= 15 is 4.39 Å². The number of carbonyl (C=O) groups is 1. The summed E-state index contributed by atoms with van der Waals surface area (Å²) in [6.07, 6.45) is -4.77. The molecule has 234 valence electrons. The second-order valence-electron chi connectivity index (χ2n) is 11.3. The van der Waals surface area contributed by atoms with Gasteiger partial charge in [0.15, 0.2) is 0 Å². The van der Waals surface area contributed by atoms with Crippen molar-refractivity contribution in [2.45, 2.75) is 50.3 Å². The van der Waals surface area contributed by atoms with Gasteiger partial charge in [-0.3, -0.25) is 4.79 Å². The van der Waals surface area contributed by atoms with Crippen LogP contribution in [0.2, 0.25) is 0 Å². The van der Waals surface area contributed by atoms with E-state index in [4.69, 9.17) is 4.42 Å². The van der Waals surface area contributed by atoms with Gasteiger partial charge >= 0.3 is 12.1 Å². The van der Waals surface area contributed by atoms with E-state index in [1.165, 1.54) is 12.1 Å². The Morgan fingerprint density at radius 3 is 2.24 bits per heavy atom. The molecule has 0 spiro atoms. The molecule has 4 aromatic carbocycles. The summed E-state index contributed by atoms with van der Waals surface area (Å²) in [5.74, 6) is -3.32. The summed E-state index contributed by atoms with van der Waals surface area (Å²) < 4.78 is 89.9. The minimum atomic E-state index is -4.77. The monoisotopic (exact) mass is 639 g/mol. The summed E-state index contributed by atoms with van der Waals surface area (Å²) in [5.41, 5.74) is 0.689. The third kappa shape index (κ3) is 6.36. The number of aryl methyl sites for hydroxylation is 1. The summed E-state index contributed by atoms with van der Waals surface area (Å²) in [6.45, 7) is 3.63. The van der Waals surface area contributed by atoms with Crippen molar-refractivity contribution in [3.63, 3.8) is 0 Å². The van der Waals surface area contributed by atoms with Gasteiger partial charge in [-0.15, -0.1) is 0 Å². The Balaban J connectivity index is 1.56. The van der Waals surface area contributed by atoms with Crippen LogP contribution in [-0.4, -0.2) is 23.8 Å². The summed E-state index contributed by atoms with van der Waals surface area (Å²) in [4.78, 5) is 11.7. The number of furan rings is 1. The lowest BCUT2D eigenvalue weighted by Gasteiger charge is -2.24. The molecule has 0 aliphatic rings. The van der Waals surface area contributed by atoms with E-state index in [1.54, 1.807) is 87.5 Å². The first kappa shape index (κ1) is 31.9. The van der Waals surface area contributed by atoms with Crippen molar-refractivity contribution >= 4 is 26.8 Å². The van der Waals surface area contributed by atoms with Gasteiger partial charge in [0.2, 0.25) is 15.8 Å². The zero-order valence-electron chi connectivity index (χ0n) is 24.5. The molecule has 0 unspecified atom stereocenters. The van der Waals surface area contributed by atoms with Crippen molar-refractivity contribution in [1.29, 1.82) is 0 Å². The minimum absolute atomic E-state index is 0.0233. The van der Waals surface area contributed by atoms with Crippen LogP contribution in [0.5, 0.6) is 0 Å². The van der Waals surface area contributed by atoms with Gasteiger partial charge in [0.05, 0.1) is 16.9 Å². The van der Waals surface area contributed by atoms with Crippen LogP contribution >= 0.6 is 0 Å². The van der Waals surface area contributed by atoms with Crippen LogP contribution in [0.15, 0.2) is 100 Å². The second kappa shape index (κ2) is 11.8. The molecule has 0 saturated carbocycles. The Morgan fingerprint density at radius 1 is 0.867 bits per heavy atom. The molecule has 1 N–H and O–H groups in total. The first-order chi connectivity index (χ1) is 21.1. The Labute approximate surface area is 257 Å². The van der Waals surface area contributed by atoms with Crippen molar-refractivity contribution in [1.82, 2.24) is 4.31 Å². The Bertz CT molecular complexity index is 2010. The number of alkyl halides is 3. The maximum absolute atomic E-state index is 15.7. The first-order valence-corrected chi connectivity index (χ1v) is 15.3. The highest BCUT2D eigenvalue weighted by Crippen LogP contribution is 2.35. The van der Waals surface area contributed by atoms with E-state index in [1.807, 2.05) is 0 Å². The molecular weight excluding hydrogens is 610 g/mol. The average molecular weight is 640 g/mol. The largest absolute Gasteiger partial charge is 0.481 e. The van der Waals surface area contributed by atoms with E-state index < -0.39 is 52.3 Å². The smallest absolute Gasteiger partial charge is 0.449 e. The van der Waals surface area contributed by atoms with E-state index in [-0.39, 0.29) is 16.2 Å². The number of hydrogen-bond acceptors (Lipinski definition) is 4. The lowest BCUT2D eigenvalue weighted by atomic mass is 9.83. The fraction of sp³-hybridized carbons (Fsp3) is 0.206. The van der Waals surface area contributed by atoms with Gasteiger partial charge in [-0.25, -0.2) is 12.8 Å².